The number of likely N-dealkylation sites (N-methyl/N-ethyl adjacent to an activating group) is 2. The van der Waals surface area contributed by atoms with Crippen LogP contribution in [0.15, 0.2) is 54.9 Å². The number of aromatic nitrogens is 1. The van der Waals surface area contributed by atoms with E-state index in [9.17, 15) is 22.8 Å². The van der Waals surface area contributed by atoms with Crippen molar-refractivity contribution < 1.29 is 27.5 Å². The number of hydrazine groups is 1. The molecule has 0 spiro atoms. The van der Waals surface area contributed by atoms with Gasteiger partial charge >= 0.3 is 12.3 Å². The second-order valence-electron chi connectivity index (χ2n) is 10.4. The van der Waals surface area contributed by atoms with Crippen LogP contribution in [-0.4, -0.2) is 63.2 Å². The van der Waals surface area contributed by atoms with Gasteiger partial charge < -0.3 is 25.6 Å². The first-order valence-corrected chi connectivity index (χ1v) is 13.4. The molecule has 0 aliphatic rings. The van der Waals surface area contributed by atoms with Crippen LogP contribution < -0.4 is 32.1 Å². The average Bonchev–Trinajstić information content (AvgIpc) is 2.96. The number of methoxy groups -OCH3 is 1. The van der Waals surface area contributed by atoms with E-state index in [1.54, 1.807) is 37.1 Å². The fourth-order valence-electron chi connectivity index (χ4n) is 4.25. The molecule has 0 saturated carbocycles. The van der Waals surface area contributed by atoms with Gasteiger partial charge in [-0.3, -0.25) is 15.1 Å². The van der Waals surface area contributed by atoms with Crippen molar-refractivity contribution >= 4 is 40.6 Å². The Morgan fingerprint density at radius 1 is 0.977 bits per heavy atom. The van der Waals surface area contributed by atoms with E-state index >= 15 is 0 Å². The number of nitrogens with one attached hydrogen (secondary N) is 2. The average molecular weight is 615 g/mol. The highest BCUT2D eigenvalue weighted by molar-refractivity contribution is 6.05. The predicted molar refractivity (Wildman–Crippen MR) is 166 cm³/mol. The van der Waals surface area contributed by atoms with Gasteiger partial charge in [0.1, 0.15) is 5.82 Å². The van der Waals surface area contributed by atoms with Crippen molar-refractivity contribution in [1.29, 1.82) is 0 Å². The lowest BCUT2D eigenvalue weighted by molar-refractivity contribution is -0.138. The van der Waals surface area contributed by atoms with Gasteiger partial charge in [0.2, 0.25) is 0 Å². The van der Waals surface area contributed by atoms with Gasteiger partial charge in [0.25, 0.3) is 5.91 Å². The van der Waals surface area contributed by atoms with Crippen LogP contribution in [0.25, 0.3) is 5.70 Å². The summed E-state index contributed by atoms with van der Waals surface area (Å²) in [5.74, 6) is 5.92. The molecule has 2 aromatic carbocycles. The van der Waals surface area contributed by atoms with E-state index in [2.05, 4.69) is 20.4 Å². The van der Waals surface area contributed by atoms with Gasteiger partial charge in [0.05, 0.1) is 24.1 Å². The number of aryl methyl sites for hydroxylation is 1. The van der Waals surface area contributed by atoms with Crippen LogP contribution in [0.5, 0.6) is 0 Å². The molecule has 0 aliphatic heterocycles. The van der Waals surface area contributed by atoms with E-state index in [0.29, 0.717) is 35.6 Å². The van der Waals surface area contributed by atoms with Crippen LogP contribution in [-0.2, 0) is 10.9 Å². The number of ether oxygens (including phenoxy) is 1. The number of nitrogens with zero attached hydrogens (tertiary/aromatic N) is 4. The Balaban J connectivity index is 1.86. The monoisotopic (exact) mass is 614 g/mol. The molecule has 236 valence electrons. The molecule has 1 aromatic heterocycles. The standard InChI is InChI=1S/C30H37F3N8O3/c1-18-7-8-20(13-25(18)41(35)17-24(34)21-9-10-27(36-16-21)38-29(43)44-6)28(42)37-22-14-23(30(31,32)33)19(2)26(15-22)40(5)12-11-39(3)4/h7-10,13-17H,11-12,34-35H2,1-6H3,(H,37,42)(H,36,38,43)/b24-17-. The highest BCUT2D eigenvalue weighted by atomic mass is 19.4. The van der Waals surface area contributed by atoms with Crippen molar-refractivity contribution in [2.24, 2.45) is 11.6 Å². The van der Waals surface area contributed by atoms with Gasteiger partial charge in [-0.15, -0.1) is 0 Å². The number of hydrogen-bond acceptors (Lipinski definition) is 9. The lowest BCUT2D eigenvalue weighted by atomic mass is 10.0. The highest BCUT2D eigenvalue weighted by Crippen LogP contribution is 2.38. The minimum absolute atomic E-state index is 0.00753. The first kappa shape index (κ1) is 33.7. The zero-order chi connectivity index (χ0) is 32.8. The summed E-state index contributed by atoms with van der Waals surface area (Å²) in [4.78, 5) is 32.4. The summed E-state index contributed by atoms with van der Waals surface area (Å²) in [7, 11) is 6.70. The minimum atomic E-state index is -4.61. The van der Waals surface area contributed by atoms with Gasteiger partial charge in [0.15, 0.2) is 0 Å². The molecular weight excluding hydrogens is 577 g/mol. The van der Waals surface area contributed by atoms with Gasteiger partial charge in [-0.2, -0.15) is 13.2 Å². The summed E-state index contributed by atoms with van der Waals surface area (Å²) >= 11 is 0. The van der Waals surface area contributed by atoms with Crippen LogP contribution in [0.1, 0.15) is 32.6 Å². The number of carbonyl (C=O) groups is 2. The molecule has 11 nitrogen and oxygen atoms in total. The number of rotatable bonds is 10. The van der Waals surface area contributed by atoms with E-state index in [1.807, 2.05) is 19.0 Å². The van der Waals surface area contributed by atoms with E-state index in [-0.39, 0.29) is 28.3 Å². The quantitative estimate of drug-likeness (QED) is 0.187. The van der Waals surface area contributed by atoms with E-state index in [4.69, 9.17) is 11.6 Å². The zero-order valence-corrected chi connectivity index (χ0v) is 25.4. The largest absolute Gasteiger partial charge is 0.453 e. The van der Waals surface area contributed by atoms with Crippen molar-refractivity contribution in [2.75, 3.05) is 61.9 Å². The number of anilines is 4. The van der Waals surface area contributed by atoms with Crippen molar-refractivity contribution in [3.8, 4) is 0 Å². The summed E-state index contributed by atoms with van der Waals surface area (Å²) in [6.45, 7) is 4.31. The number of amides is 2. The summed E-state index contributed by atoms with van der Waals surface area (Å²) in [6, 6.07) is 10.4. The molecule has 44 heavy (non-hydrogen) atoms. The third-order valence-corrected chi connectivity index (χ3v) is 6.78. The van der Waals surface area contributed by atoms with E-state index < -0.39 is 23.7 Å². The first-order valence-electron chi connectivity index (χ1n) is 13.4. The predicted octanol–water partition coefficient (Wildman–Crippen LogP) is 4.78. The number of halogens is 3. The molecule has 0 saturated heterocycles. The van der Waals surface area contributed by atoms with Gasteiger partial charge in [-0.25, -0.2) is 15.6 Å². The van der Waals surface area contributed by atoms with Crippen molar-refractivity contribution in [2.45, 2.75) is 20.0 Å². The van der Waals surface area contributed by atoms with Gasteiger partial charge in [0, 0.05) is 55.0 Å². The maximum absolute atomic E-state index is 13.9. The molecule has 2 amide bonds. The van der Waals surface area contributed by atoms with Crippen molar-refractivity contribution in [1.82, 2.24) is 9.88 Å². The normalized spacial score (nSPS) is 11.8. The molecule has 0 bridgehead atoms. The molecule has 3 rings (SSSR count). The summed E-state index contributed by atoms with van der Waals surface area (Å²) < 4.78 is 46.4. The maximum Gasteiger partial charge on any atom is 0.416 e. The molecule has 3 aromatic rings. The fraction of sp³-hybridized carbons (Fsp3) is 0.300. The van der Waals surface area contributed by atoms with Gasteiger partial charge in [-0.05, 0) is 75.5 Å². The Labute approximate surface area is 254 Å². The topological polar surface area (TPSA) is 142 Å². The summed E-state index contributed by atoms with van der Waals surface area (Å²) in [5.41, 5.74) is 7.88. The molecule has 0 atom stereocenters. The van der Waals surface area contributed by atoms with Crippen LogP contribution in [0, 0.1) is 13.8 Å². The number of carbonyl (C=O) groups excluding carboxylic acids is 2. The Morgan fingerprint density at radius 3 is 2.25 bits per heavy atom. The van der Waals surface area contributed by atoms with Crippen molar-refractivity contribution in [3.63, 3.8) is 0 Å². The highest BCUT2D eigenvalue weighted by Gasteiger charge is 2.34. The SMILES string of the molecule is COC(=O)Nc1ccc(/C(N)=C/N(N)c2cc(C(=O)Nc3cc(N(C)CCN(C)C)c(C)c(C(F)(F)F)c3)ccc2C)cn1. The van der Waals surface area contributed by atoms with E-state index in [0.717, 1.165) is 6.07 Å². The number of benzene rings is 2. The third-order valence-electron chi connectivity index (χ3n) is 6.78. The molecule has 0 radical (unpaired) electrons. The fourth-order valence-corrected chi connectivity index (χ4v) is 4.25. The Kier molecular flexibility index (Phi) is 10.8. The Bertz CT molecular complexity index is 1530. The third kappa shape index (κ3) is 8.61. The molecule has 0 aliphatic carbocycles. The van der Waals surface area contributed by atoms with Crippen LogP contribution in [0.4, 0.5) is 40.8 Å². The number of hydrogen-bond donors (Lipinski definition) is 4. The lowest BCUT2D eigenvalue weighted by Crippen LogP contribution is -2.29. The second-order valence-corrected chi connectivity index (χ2v) is 10.4. The second kappa shape index (κ2) is 14.1. The summed E-state index contributed by atoms with van der Waals surface area (Å²) in [5, 5.41) is 6.27. The maximum atomic E-state index is 13.9. The molecule has 14 heteroatoms. The molecule has 0 unspecified atom stereocenters. The van der Waals surface area contributed by atoms with Gasteiger partial charge in [-0.1, -0.05) is 6.07 Å². The minimum Gasteiger partial charge on any atom is -0.453 e. The number of alkyl halides is 3. The lowest BCUT2D eigenvalue weighted by Gasteiger charge is -2.26. The Morgan fingerprint density at radius 2 is 1.66 bits per heavy atom. The number of pyridine rings is 1. The summed E-state index contributed by atoms with van der Waals surface area (Å²) in [6.07, 6.45) is -2.42. The van der Waals surface area contributed by atoms with Crippen LogP contribution >= 0.6 is 0 Å². The molecule has 6 N–H and O–H groups in total. The molecule has 0 fully saturated rings. The smallest absolute Gasteiger partial charge is 0.416 e. The van der Waals surface area contributed by atoms with E-state index in [1.165, 1.54) is 49.6 Å². The van der Waals surface area contributed by atoms with Crippen LogP contribution in [0.2, 0.25) is 0 Å². The van der Waals surface area contributed by atoms with Crippen LogP contribution in [0.3, 0.4) is 0 Å². The molecule has 1 heterocycles. The molecular formula is C30H37F3N8O3. The zero-order valence-electron chi connectivity index (χ0n) is 25.4. The first-order chi connectivity index (χ1) is 20.6. The van der Waals surface area contributed by atoms with Crippen molar-refractivity contribution in [3.05, 3.63) is 82.7 Å². The number of nitrogens with two attached hydrogens (primary N) is 2. The Hall–Kier alpha value is -4.82.